The molecule has 148 valence electrons. The van der Waals surface area contributed by atoms with E-state index in [4.69, 9.17) is 0 Å². The van der Waals surface area contributed by atoms with Crippen LogP contribution >= 0.6 is 0 Å². The highest BCUT2D eigenvalue weighted by atomic mass is 16.2. The number of aryl methyl sites for hydroxylation is 2. The monoisotopic (exact) mass is 380 g/mol. The second-order valence-electron chi connectivity index (χ2n) is 7.82. The first-order valence-corrected chi connectivity index (χ1v) is 10.2. The summed E-state index contributed by atoms with van der Waals surface area (Å²) in [5, 5.41) is 7.58. The smallest absolute Gasteiger partial charge is 0.226 e. The molecule has 1 saturated heterocycles. The summed E-state index contributed by atoms with van der Waals surface area (Å²) in [7, 11) is 0. The van der Waals surface area contributed by atoms with Crippen LogP contribution in [0.3, 0.4) is 0 Å². The fraction of sp³-hybridized carbons (Fsp3) is 0.524. The van der Waals surface area contributed by atoms with Gasteiger partial charge in [0.25, 0.3) is 0 Å². The Morgan fingerprint density at radius 2 is 2.00 bits per heavy atom. The predicted molar refractivity (Wildman–Crippen MR) is 109 cm³/mol. The van der Waals surface area contributed by atoms with Gasteiger partial charge in [0, 0.05) is 31.4 Å². The number of nitrogens with zero attached hydrogens (tertiary/aromatic N) is 5. The Labute approximate surface area is 165 Å². The van der Waals surface area contributed by atoms with E-state index in [9.17, 15) is 4.79 Å². The molecule has 0 radical (unpaired) electrons. The molecule has 28 heavy (non-hydrogen) atoms. The predicted octanol–water partition coefficient (Wildman–Crippen LogP) is 2.72. The van der Waals surface area contributed by atoms with Gasteiger partial charge in [0.15, 0.2) is 5.82 Å². The third kappa shape index (κ3) is 4.08. The van der Waals surface area contributed by atoms with Crippen LogP contribution in [0.25, 0.3) is 5.82 Å². The zero-order valence-electron chi connectivity index (χ0n) is 16.7. The highest BCUT2D eigenvalue weighted by molar-refractivity contribution is 5.81. The summed E-state index contributed by atoms with van der Waals surface area (Å²) in [6.45, 7) is 6.12. The average molecular weight is 380 g/mol. The Balaban J connectivity index is 1.29. The highest BCUT2D eigenvalue weighted by Crippen LogP contribution is 2.24. The normalized spacial score (nSPS) is 17.2. The number of hydrogen-bond donors (Lipinski definition) is 1. The molecule has 2 aromatic heterocycles. The van der Waals surface area contributed by atoms with Crippen LogP contribution in [0.1, 0.15) is 43.5 Å². The first-order valence-electron chi connectivity index (χ1n) is 10.2. The van der Waals surface area contributed by atoms with Crippen molar-refractivity contribution in [1.29, 1.82) is 0 Å². The SMILES string of the molecule is Cc1cc(C)n(-c2cc(N3CC(C(=O)NCCC4=CCCCC4)C3)ncn2)n1. The van der Waals surface area contributed by atoms with Gasteiger partial charge in [-0.15, -0.1) is 0 Å². The first-order chi connectivity index (χ1) is 13.6. The summed E-state index contributed by atoms with van der Waals surface area (Å²) < 4.78 is 1.82. The molecule has 0 aromatic carbocycles. The van der Waals surface area contributed by atoms with Crippen LogP contribution in [-0.4, -0.2) is 45.3 Å². The molecule has 7 nitrogen and oxygen atoms in total. The Morgan fingerprint density at radius 3 is 2.71 bits per heavy atom. The molecule has 1 aliphatic carbocycles. The summed E-state index contributed by atoms with van der Waals surface area (Å²) >= 11 is 0. The molecule has 1 amide bonds. The van der Waals surface area contributed by atoms with Gasteiger partial charge in [-0.05, 0) is 52.0 Å². The van der Waals surface area contributed by atoms with Crippen LogP contribution in [0, 0.1) is 19.8 Å². The van der Waals surface area contributed by atoms with Crippen LogP contribution in [0.4, 0.5) is 5.82 Å². The first kappa shape index (κ1) is 18.7. The van der Waals surface area contributed by atoms with E-state index in [1.54, 1.807) is 6.33 Å². The standard InChI is InChI=1S/C21H28N6O/c1-15-10-16(2)27(25-15)20-11-19(23-14-24-20)26-12-18(13-26)21(28)22-9-8-17-6-4-3-5-7-17/h6,10-11,14,18H,3-5,7-9,12-13H2,1-2H3,(H,22,28). The van der Waals surface area contributed by atoms with Crippen molar-refractivity contribution >= 4 is 11.7 Å². The molecule has 4 rings (SSSR count). The van der Waals surface area contributed by atoms with Gasteiger partial charge in [-0.2, -0.15) is 5.10 Å². The van der Waals surface area contributed by atoms with Crippen molar-refractivity contribution < 1.29 is 4.79 Å². The fourth-order valence-electron chi connectivity index (χ4n) is 3.94. The molecule has 2 aliphatic rings. The lowest BCUT2D eigenvalue weighted by Crippen LogP contribution is -2.54. The number of nitrogens with one attached hydrogen (secondary N) is 1. The average Bonchev–Trinajstić information content (AvgIpc) is 3.00. The lowest BCUT2D eigenvalue weighted by atomic mass is 9.96. The van der Waals surface area contributed by atoms with E-state index in [-0.39, 0.29) is 11.8 Å². The number of allylic oxidation sites excluding steroid dienone is 1. The molecule has 7 heteroatoms. The maximum Gasteiger partial charge on any atom is 0.226 e. The number of anilines is 1. The van der Waals surface area contributed by atoms with Crippen LogP contribution in [0.2, 0.25) is 0 Å². The molecular weight excluding hydrogens is 352 g/mol. The lowest BCUT2D eigenvalue weighted by molar-refractivity contribution is -0.125. The molecule has 0 spiro atoms. The third-order valence-electron chi connectivity index (χ3n) is 5.57. The van der Waals surface area contributed by atoms with Gasteiger partial charge in [-0.1, -0.05) is 11.6 Å². The fourth-order valence-corrected chi connectivity index (χ4v) is 3.94. The Morgan fingerprint density at radius 1 is 1.18 bits per heavy atom. The minimum absolute atomic E-state index is 0.0347. The maximum atomic E-state index is 12.4. The van der Waals surface area contributed by atoms with Crippen LogP contribution < -0.4 is 10.2 Å². The topological polar surface area (TPSA) is 75.9 Å². The third-order valence-corrected chi connectivity index (χ3v) is 5.57. The highest BCUT2D eigenvalue weighted by Gasteiger charge is 2.33. The van der Waals surface area contributed by atoms with Gasteiger partial charge in [-0.25, -0.2) is 14.6 Å². The molecule has 0 unspecified atom stereocenters. The largest absolute Gasteiger partial charge is 0.355 e. The number of aromatic nitrogens is 4. The van der Waals surface area contributed by atoms with Crippen LogP contribution in [-0.2, 0) is 4.79 Å². The minimum atomic E-state index is 0.0347. The number of carbonyl (C=O) groups is 1. The molecular formula is C21H28N6O. The lowest BCUT2D eigenvalue weighted by Gasteiger charge is -2.39. The van der Waals surface area contributed by atoms with E-state index in [1.807, 2.05) is 30.7 Å². The van der Waals surface area contributed by atoms with Gasteiger partial charge in [0.2, 0.25) is 5.91 Å². The van der Waals surface area contributed by atoms with E-state index in [0.29, 0.717) is 13.1 Å². The molecule has 1 aliphatic heterocycles. The summed E-state index contributed by atoms with van der Waals surface area (Å²) in [4.78, 5) is 23.2. The number of rotatable bonds is 6. The zero-order valence-corrected chi connectivity index (χ0v) is 16.7. The Hall–Kier alpha value is -2.70. The molecule has 0 saturated carbocycles. The van der Waals surface area contributed by atoms with Crippen molar-refractivity contribution in [2.45, 2.75) is 46.0 Å². The van der Waals surface area contributed by atoms with Gasteiger partial charge in [-0.3, -0.25) is 4.79 Å². The molecule has 0 bridgehead atoms. The van der Waals surface area contributed by atoms with Crippen molar-refractivity contribution in [2.75, 3.05) is 24.5 Å². The molecule has 2 aromatic rings. The van der Waals surface area contributed by atoms with Crippen molar-refractivity contribution in [3.05, 3.63) is 41.5 Å². The molecule has 1 N–H and O–H groups in total. The second kappa shape index (κ2) is 8.12. The van der Waals surface area contributed by atoms with E-state index < -0.39 is 0 Å². The summed E-state index contributed by atoms with van der Waals surface area (Å²) in [6.07, 6.45) is 9.87. The van der Waals surface area contributed by atoms with Gasteiger partial charge in [0.1, 0.15) is 12.1 Å². The van der Waals surface area contributed by atoms with E-state index in [1.165, 1.54) is 31.3 Å². The van der Waals surface area contributed by atoms with Crippen molar-refractivity contribution in [3.63, 3.8) is 0 Å². The number of amides is 1. The molecule has 1 fully saturated rings. The van der Waals surface area contributed by atoms with Gasteiger partial charge in [0.05, 0.1) is 11.6 Å². The van der Waals surface area contributed by atoms with Crippen LogP contribution in [0.5, 0.6) is 0 Å². The van der Waals surface area contributed by atoms with Crippen molar-refractivity contribution in [2.24, 2.45) is 5.92 Å². The van der Waals surface area contributed by atoms with Crippen molar-refractivity contribution in [3.8, 4) is 5.82 Å². The van der Waals surface area contributed by atoms with E-state index in [0.717, 1.165) is 36.0 Å². The van der Waals surface area contributed by atoms with E-state index in [2.05, 4.69) is 31.4 Å². The number of hydrogen-bond acceptors (Lipinski definition) is 5. The Kier molecular flexibility index (Phi) is 5.41. The number of carbonyl (C=O) groups excluding carboxylic acids is 1. The minimum Gasteiger partial charge on any atom is -0.355 e. The summed E-state index contributed by atoms with van der Waals surface area (Å²) in [5.41, 5.74) is 3.50. The summed E-state index contributed by atoms with van der Waals surface area (Å²) in [6, 6.07) is 3.96. The van der Waals surface area contributed by atoms with Crippen molar-refractivity contribution in [1.82, 2.24) is 25.1 Å². The van der Waals surface area contributed by atoms with Gasteiger partial charge >= 0.3 is 0 Å². The quantitative estimate of drug-likeness (QED) is 0.780. The molecule has 0 atom stereocenters. The zero-order chi connectivity index (χ0) is 19.5. The van der Waals surface area contributed by atoms with E-state index >= 15 is 0 Å². The molecule has 3 heterocycles. The maximum absolute atomic E-state index is 12.4. The Bertz CT molecular complexity index is 881. The summed E-state index contributed by atoms with van der Waals surface area (Å²) in [5.74, 6) is 1.78. The van der Waals surface area contributed by atoms with Crippen LogP contribution in [0.15, 0.2) is 30.1 Å². The second-order valence-corrected chi connectivity index (χ2v) is 7.82. The van der Waals surface area contributed by atoms with Gasteiger partial charge < -0.3 is 10.2 Å².